The van der Waals surface area contributed by atoms with Gasteiger partial charge in [-0.2, -0.15) is 0 Å². The number of methoxy groups -OCH3 is 2. The molecule has 1 saturated carbocycles. The monoisotopic (exact) mass is 425 g/mol. The molecule has 0 radical (unpaired) electrons. The number of anilines is 1. The van der Waals surface area contributed by atoms with Gasteiger partial charge in [0.1, 0.15) is 11.5 Å². The van der Waals surface area contributed by atoms with E-state index in [-0.39, 0.29) is 12.4 Å². The second kappa shape index (κ2) is 10.7. The molecule has 0 amide bonds. The Hall–Kier alpha value is -1.21. The maximum Gasteiger partial charge on any atom is 0.124 e. The lowest BCUT2D eigenvalue weighted by atomic mass is 9.93. The number of benzene rings is 1. The number of nitrogens with one attached hydrogen (secondary N) is 2. The van der Waals surface area contributed by atoms with Gasteiger partial charge in [0, 0.05) is 55.6 Å². The Morgan fingerprint density at radius 1 is 1.14 bits per heavy atom. The average Bonchev–Trinajstić information content (AvgIpc) is 3.42. The molecule has 3 fully saturated rings. The first-order valence-corrected chi connectivity index (χ1v) is 10.8. The van der Waals surface area contributed by atoms with Crippen molar-refractivity contribution in [3.63, 3.8) is 0 Å². The van der Waals surface area contributed by atoms with Crippen LogP contribution in [0.25, 0.3) is 0 Å². The predicted octanol–water partition coefficient (Wildman–Crippen LogP) is 2.70. The van der Waals surface area contributed by atoms with Gasteiger partial charge in [0.25, 0.3) is 0 Å². The summed E-state index contributed by atoms with van der Waals surface area (Å²) in [6.07, 6.45) is 5.18. The van der Waals surface area contributed by atoms with Crippen molar-refractivity contribution in [2.24, 2.45) is 11.8 Å². The number of nitrogens with zero attached hydrogens (tertiary/aromatic N) is 1. The van der Waals surface area contributed by atoms with Crippen molar-refractivity contribution in [2.75, 3.05) is 58.5 Å². The zero-order valence-corrected chi connectivity index (χ0v) is 18.5. The van der Waals surface area contributed by atoms with Crippen LogP contribution in [0.15, 0.2) is 18.2 Å². The zero-order chi connectivity index (χ0) is 19.3. The van der Waals surface area contributed by atoms with Crippen molar-refractivity contribution >= 4 is 18.1 Å². The van der Waals surface area contributed by atoms with Gasteiger partial charge in [0.2, 0.25) is 0 Å². The molecule has 1 aliphatic carbocycles. The highest BCUT2D eigenvalue weighted by atomic mass is 35.5. The molecule has 7 heteroatoms. The molecule has 4 atom stereocenters. The summed E-state index contributed by atoms with van der Waals surface area (Å²) >= 11 is 0. The molecule has 0 spiro atoms. The van der Waals surface area contributed by atoms with Gasteiger partial charge in [-0.15, -0.1) is 12.4 Å². The summed E-state index contributed by atoms with van der Waals surface area (Å²) in [4.78, 5) is 2.46. The van der Waals surface area contributed by atoms with Gasteiger partial charge in [-0.25, -0.2) is 0 Å². The highest BCUT2D eigenvalue weighted by molar-refractivity contribution is 5.85. The SMILES string of the molecule is COc1cc(OC)cc(N2CCC(CNC3CCCC3C3COCCN3)C2)c1.Cl. The summed E-state index contributed by atoms with van der Waals surface area (Å²) in [6, 6.07) is 7.31. The Bertz CT molecular complexity index is 619. The van der Waals surface area contributed by atoms with Crippen LogP contribution in [-0.4, -0.2) is 65.7 Å². The highest BCUT2D eigenvalue weighted by Crippen LogP contribution is 2.33. The van der Waals surface area contributed by atoms with Crippen molar-refractivity contribution in [3.05, 3.63) is 18.2 Å². The Morgan fingerprint density at radius 3 is 2.62 bits per heavy atom. The van der Waals surface area contributed by atoms with Crippen molar-refractivity contribution in [2.45, 2.75) is 37.8 Å². The van der Waals surface area contributed by atoms with Gasteiger partial charge in [-0.05, 0) is 37.6 Å². The molecule has 4 rings (SSSR count). The van der Waals surface area contributed by atoms with E-state index in [0.29, 0.717) is 23.9 Å². The maximum atomic E-state index is 5.70. The summed E-state index contributed by atoms with van der Waals surface area (Å²) in [5.74, 6) is 3.10. The summed E-state index contributed by atoms with van der Waals surface area (Å²) in [5, 5.41) is 7.59. The fourth-order valence-electron chi connectivity index (χ4n) is 5.11. The van der Waals surface area contributed by atoms with E-state index in [9.17, 15) is 0 Å². The fraction of sp³-hybridized carbons (Fsp3) is 0.727. The Balaban J connectivity index is 0.00000240. The van der Waals surface area contributed by atoms with Gasteiger partial charge in [0.05, 0.1) is 27.4 Å². The molecule has 0 bridgehead atoms. The third-order valence-corrected chi connectivity index (χ3v) is 6.69. The second-order valence-corrected chi connectivity index (χ2v) is 8.42. The molecular formula is C22H36ClN3O3. The van der Waals surface area contributed by atoms with E-state index in [1.165, 1.54) is 31.4 Å². The summed E-state index contributed by atoms with van der Waals surface area (Å²) in [5.41, 5.74) is 1.20. The molecule has 6 nitrogen and oxygen atoms in total. The maximum absolute atomic E-state index is 5.70. The van der Waals surface area contributed by atoms with Crippen LogP contribution in [0.5, 0.6) is 11.5 Å². The number of halogens is 1. The number of morpholine rings is 1. The van der Waals surface area contributed by atoms with E-state index in [1.54, 1.807) is 14.2 Å². The quantitative estimate of drug-likeness (QED) is 0.700. The molecule has 2 N–H and O–H groups in total. The topological polar surface area (TPSA) is 55.0 Å². The van der Waals surface area contributed by atoms with E-state index >= 15 is 0 Å². The third-order valence-electron chi connectivity index (χ3n) is 6.69. The minimum absolute atomic E-state index is 0. The molecule has 29 heavy (non-hydrogen) atoms. The summed E-state index contributed by atoms with van der Waals surface area (Å²) in [7, 11) is 3.42. The lowest BCUT2D eigenvalue weighted by Gasteiger charge is -2.33. The largest absolute Gasteiger partial charge is 0.497 e. The Labute approximate surface area is 181 Å². The van der Waals surface area contributed by atoms with Crippen molar-refractivity contribution in [1.29, 1.82) is 0 Å². The number of rotatable bonds is 7. The molecule has 4 unspecified atom stereocenters. The first kappa shape index (κ1) is 22.5. The molecular weight excluding hydrogens is 390 g/mol. The van der Waals surface area contributed by atoms with Crippen LogP contribution in [0.2, 0.25) is 0 Å². The molecule has 2 heterocycles. The molecule has 164 valence electrons. The lowest BCUT2D eigenvalue weighted by molar-refractivity contribution is 0.0523. The molecule has 0 aromatic heterocycles. The molecule has 1 aromatic carbocycles. The predicted molar refractivity (Wildman–Crippen MR) is 119 cm³/mol. The second-order valence-electron chi connectivity index (χ2n) is 8.42. The van der Waals surface area contributed by atoms with Crippen LogP contribution in [0.3, 0.4) is 0 Å². The standard InChI is InChI=1S/C22H35N3O3.ClH/c1-26-18-10-17(11-19(12-18)27-2)25-8-6-16(14-25)13-24-21-5-3-4-20(21)22-15-28-9-7-23-22;/h10-12,16,20-24H,3-9,13-15H2,1-2H3;1H. The highest BCUT2D eigenvalue weighted by Gasteiger charge is 2.35. The Kier molecular flexibility index (Phi) is 8.30. The normalized spacial score (nSPS) is 29.5. The minimum Gasteiger partial charge on any atom is -0.497 e. The van der Waals surface area contributed by atoms with E-state index in [2.05, 4.69) is 27.7 Å². The number of hydrogen-bond acceptors (Lipinski definition) is 6. The first-order valence-electron chi connectivity index (χ1n) is 10.8. The lowest BCUT2D eigenvalue weighted by Crippen LogP contribution is -2.51. The van der Waals surface area contributed by atoms with Gasteiger partial charge in [-0.1, -0.05) is 6.42 Å². The smallest absolute Gasteiger partial charge is 0.124 e. The van der Waals surface area contributed by atoms with Crippen LogP contribution < -0.4 is 25.0 Å². The van der Waals surface area contributed by atoms with Crippen molar-refractivity contribution < 1.29 is 14.2 Å². The molecule has 3 aliphatic rings. The minimum atomic E-state index is 0. The Morgan fingerprint density at radius 2 is 1.93 bits per heavy atom. The average molecular weight is 426 g/mol. The molecule has 1 aromatic rings. The van der Waals surface area contributed by atoms with Gasteiger partial charge < -0.3 is 29.7 Å². The summed E-state index contributed by atoms with van der Waals surface area (Å²) < 4.78 is 16.6. The van der Waals surface area contributed by atoms with E-state index in [4.69, 9.17) is 14.2 Å². The number of ether oxygens (including phenoxy) is 3. The van der Waals surface area contributed by atoms with Gasteiger partial charge in [-0.3, -0.25) is 0 Å². The van der Waals surface area contributed by atoms with Crippen LogP contribution >= 0.6 is 12.4 Å². The zero-order valence-electron chi connectivity index (χ0n) is 17.7. The molecule has 2 aliphatic heterocycles. The fourth-order valence-corrected chi connectivity index (χ4v) is 5.11. The first-order chi connectivity index (χ1) is 13.8. The van der Waals surface area contributed by atoms with E-state index in [0.717, 1.165) is 50.9 Å². The number of hydrogen-bond donors (Lipinski definition) is 2. The van der Waals surface area contributed by atoms with Crippen LogP contribution in [0.1, 0.15) is 25.7 Å². The van der Waals surface area contributed by atoms with Crippen LogP contribution in [0, 0.1) is 11.8 Å². The van der Waals surface area contributed by atoms with Crippen LogP contribution in [0.4, 0.5) is 5.69 Å². The van der Waals surface area contributed by atoms with Gasteiger partial charge in [0.15, 0.2) is 0 Å². The third kappa shape index (κ3) is 5.48. The van der Waals surface area contributed by atoms with Crippen molar-refractivity contribution in [3.8, 4) is 11.5 Å². The van der Waals surface area contributed by atoms with Gasteiger partial charge >= 0.3 is 0 Å². The van der Waals surface area contributed by atoms with Crippen LogP contribution in [-0.2, 0) is 4.74 Å². The van der Waals surface area contributed by atoms with E-state index < -0.39 is 0 Å². The summed E-state index contributed by atoms with van der Waals surface area (Å²) in [6.45, 7) is 6.01. The van der Waals surface area contributed by atoms with E-state index in [1.807, 2.05) is 6.07 Å². The van der Waals surface area contributed by atoms with Crippen molar-refractivity contribution in [1.82, 2.24) is 10.6 Å². The molecule has 2 saturated heterocycles.